The molecule has 266 valence electrons. The van der Waals surface area contributed by atoms with E-state index < -0.39 is 6.04 Å². The molecule has 7 rings (SSSR count). The highest BCUT2D eigenvalue weighted by atomic mass is 16.5. The number of methoxy groups -OCH3 is 2. The lowest BCUT2D eigenvalue weighted by Gasteiger charge is -2.20. The molecule has 0 saturated carbocycles. The molecule has 0 radical (unpaired) electrons. The van der Waals surface area contributed by atoms with Gasteiger partial charge in [-0.1, -0.05) is 30.3 Å². The highest BCUT2D eigenvalue weighted by Crippen LogP contribution is 2.39. The third kappa shape index (κ3) is 7.05. The fourth-order valence-corrected chi connectivity index (χ4v) is 7.12. The Morgan fingerprint density at radius 2 is 1.65 bits per heavy atom. The first-order valence-corrected chi connectivity index (χ1v) is 17.3. The van der Waals surface area contributed by atoms with Crippen LogP contribution < -0.4 is 29.6 Å². The second kappa shape index (κ2) is 14.7. The summed E-state index contributed by atoms with van der Waals surface area (Å²) in [4.78, 5) is 60.9. The topological polar surface area (TPSA) is 148 Å². The predicted molar refractivity (Wildman–Crippen MR) is 188 cm³/mol. The summed E-state index contributed by atoms with van der Waals surface area (Å²) < 4.78 is 23.1. The van der Waals surface area contributed by atoms with Crippen molar-refractivity contribution in [2.75, 3.05) is 39.2 Å². The van der Waals surface area contributed by atoms with Crippen LogP contribution in [-0.2, 0) is 16.2 Å². The zero-order chi connectivity index (χ0) is 35.5. The number of unbranched alkanes of at least 4 members (excludes halogenated alkanes) is 1. The number of carbonyl (C=O) groups excluding carboxylic acids is 4. The molecule has 4 heterocycles. The van der Waals surface area contributed by atoms with Gasteiger partial charge >= 0.3 is 0 Å². The van der Waals surface area contributed by atoms with E-state index in [-0.39, 0.29) is 48.7 Å². The van der Waals surface area contributed by atoms with Gasteiger partial charge < -0.3 is 39.4 Å². The van der Waals surface area contributed by atoms with E-state index in [1.165, 1.54) is 19.1 Å². The van der Waals surface area contributed by atoms with Crippen LogP contribution in [0.5, 0.6) is 23.0 Å². The van der Waals surface area contributed by atoms with Crippen molar-refractivity contribution in [3.63, 3.8) is 0 Å². The average molecular weight is 696 g/mol. The minimum Gasteiger partial charge on any atom is -0.493 e. The fraction of sp³-hybridized carbons (Fsp3) is 0.395. The number of hydrogen-bond donors (Lipinski definition) is 2. The van der Waals surface area contributed by atoms with Crippen molar-refractivity contribution < 1.29 is 38.1 Å². The van der Waals surface area contributed by atoms with Crippen LogP contribution >= 0.6 is 0 Å². The van der Waals surface area contributed by atoms with Crippen molar-refractivity contribution >= 4 is 41.2 Å². The maximum Gasteiger partial charge on any atom is 0.256 e. The Labute approximate surface area is 295 Å². The lowest BCUT2D eigenvalue weighted by Crippen LogP contribution is -2.41. The highest BCUT2D eigenvalue weighted by molar-refractivity contribution is 6.11. The molecule has 2 saturated heterocycles. The van der Waals surface area contributed by atoms with Crippen LogP contribution in [0.2, 0.25) is 0 Å². The first-order chi connectivity index (χ1) is 24.8. The fourth-order valence-electron chi connectivity index (χ4n) is 7.12. The summed E-state index contributed by atoms with van der Waals surface area (Å²) in [5.41, 5.74) is 2.67. The molecular weight excluding hydrogens is 654 g/mol. The van der Waals surface area contributed by atoms with Crippen LogP contribution in [0.3, 0.4) is 0 Å². The third-order valence-electron chi connectivity index (χ3n) is 9.77. The van der Waals surface area contributed by atoms with Crippen molar-refractivity contribution in [3.05, 3.63) is 71.3 Å². The first-order valence-electron chi connectivity index (χ1n) is 17.3. The van der Waals surface area contributed by atoms with Crippen LogP contribution in [0.1, 0.15) is 64.8 Å². The minimum absolute atomic E-state index is 0.0134. The number of anilines is 1. The molecule has 13 nitrogen and oxygen atoms in total. The molecule has 3 aromatic rings. The second-order valence-corrected chi connectivity index (χ2v) is 13.1. The number of fused-ring (bicyclic) bond motifs is 4. The Bertz CT molecular complexity index is 1860. The molecule has 51 heavy (non-hydrogen) atoms. The van der Waals surface area contributed by atoms with Crippen LogP contribution in [0.4, 0.5) is 11.4 Å². The molecule has 4 aliphatic rings. The zero-order valence-electron chi connectivity index (χ0n) is 28.7. The lowest BCUT2D eigenvalue weighted by atomic mass is 10.1. The molecule has 0 aliphatic carbocycles. The molecule has 2 N–H and O–H groups in total. The number of hydrogen-bond acceptors (Lipinski definition) is 9. The van der Waals surface area contributed by atoms with Crippen molar-refractivity contribution in [1.29, 1.82) is 0 Å². The smallest absolute Gasteiger partial charge is 0.256 e. The van der Waals surface area contributed by atoms with Crippen LogP contribution in [0.15, 0.2) is 59.6 Å². The van der Waals surface area contributed by atoms with Crippen LogP contribution in [0, 0.1) is 0 Å². The summed E-state index contributed by atoms with van der Waals surface area (Å²) in [6.45, 7) is 1.56. The zero-order valence-corrected chi connectivity index (χ0v) is 28.7. The maximum absolute atomic E-state index is 13.7. The molecule has 4 aliphatic heterocycles. The Balaban J connectivity index is 0.909. The molecule has 0 spiro atoms. The predicted octanol–water partition coefficient (Wildman–Crippen LogP) is 4.50. The molecule has 13 heteroatoms. The van der Waals surface area contributed by atoms with E-state index in [1.807, 2.05) is 41.4 Å². The van der Waals surface area contributed by atoms with Crippen molar-refractivity contribution in [3.8, 4) is 23.0 Å². The van der Waals surface area contributed by atoms with Crippen molar-refractivity contribution in [1.82, 2.24) is 15.1 Å². The molecule has 0 bridgehead atoms. The minimum atomic E-state index is -0.726. The number of nitrogens with one attached hydrogen (secondary N) is 2. The van der Waals surface area contributed by atoms with Gasteiger partial charge in [0.2, 0.25) is 11.8 Å². The van der Waals surface area contributed by atoms with Gasteiger partial charge in [0.1, 0.15) is 12.6 Å². The van der Waals surface area contributed by atoms with E-state index in [1.54, 1.807) is 24.3 Å². The van der Waals surface area contributed by atoms with E-state index in [4.69, 9.17) is 18.9 Å². The van der Waals surface area contributed by atoms with E-state index >= 15 is 0 Å². The number of aliphatic imine (C=N–C) groups is 1. The molecule has 0 aromatic heterocycles. The van der Waals surface area contributed by atoms with Gasteiger partial charge in [0.05, 0.1) is 49.4 Å². The van der Waals surface area contributed by atoms with E-state index in [0.29, 0.717) is 84.5 Å². The standard InChI is InChI=1S/C38H41N5O8/c1-48-31-16-26-28(39-20-25-11-8-13-42(25)37(26)46)18-33(31)50-14-7-6-12-35(44)40-24-15-30-36(45)41-29-19-34(51-22-23-9-4-3-5-10-23)32(49-2)17-27(29)38(47)43(30)21-24/h3-5,9-10,16-20,24-25,30H,6-8,11-15,21-22H2,1-2H3,(H,40,44)(H,41,45)/t24-,25-,30-/m0/s1. The van der Waals surface area contributed by atoms with Gasteiger partial charge in [-0.2, -0.15) is 0 Å². The summed E-state index contributed by atoms with van der Waals surface area (Å²) in [6, 6.07) is 15.2. The summed E-state index contributed by atoms with van der Waals surface area (Å²) in [5, 5.41) is 5.89. The summed E-state index contributed by atoms with van der Waals surface area (Å²) >= 11 is 0. The van der Waals surface area contributed by atoms with Crippen LogP contribution in [0.25, 0.3) is 0 Å². The third-order valence-corrected chi connectivity index (χ3v) is 9.77. The first kappa shape index (κ1) is 33.9. The molecule has 0 unspecified atom stereocenters. The Kier molecular flexibility index (Phi) is 9.78. The molecule has 4 amide bonds. The van der Waals surface area contributed by atoms with Gasteiger partial charge in [-0.05, 0) is 49.8 Å². The van der Waals surface area contributed by atoms with Gasteiger partial charge in [0, 0.05) is 43.9 Å². The Hall–Kier alpha value is -5.59. The van der Waals surface area contributed by atoms with Gasteiger partial charge in [0.15, 0.2) is 23.0 Å². The molecule has 2 fully saturated rings. The maximum atomic E-state index is 13.7. The lowest BCUT2D eigenvalue weighted by molar-refractivity contribution is -0.122. The van der Waals surface area contributed by atoms with Gasteiger partial charge in [-0.3, -0.25) is 24.2 Å². The monoisotopic (exact) mass is 695 g/mol. The van der Waals surface area contributed by atoms with Crippen molar-refractivity contribution in [2.24, 2.45) is 4.99 Å². The number of benzene rings is 3. The van der Waals surface area contributed by atoms with Crippen molar-refractivity contribution in [2.45, 2.75) is 63.3 Å². The van der Waals surface area contributed by atoms with Gasteiger partial charge in [-0.25, -0.2) is 0 Å². The molecular formula is C38H41N5O8. The summed E-state index contributed by atoms with van der Waals surface area (Å²) in [5.74, 6) is 0.879. The normalized spacial score (nSPS) is 20.4. The van der Waals surface area contributed by atoms with Gasteiger partial charge in [0.25, 0.3) is 11.8 Å². The SMILES string of the molecule is COc1cc2c(cc1OCCCCC(=O)N[C@H]1C[C@H]3C(=O)Nc4cc(OCc5ccccc5)c(OC)cc4C(=O)N3C1)N=C[C@@H]1CCCN1C2=O. The number of carbonyl (C=O) groups is 4. The van der Waals surface area contributed by atoms with E-state index in [9.17, 15) is 19.2 Å². The Morgan fingerprint density at radius 1 is 0.902 bits per heavy atom. The average Bonchev–Trinajstić information content (AvgIpc) is 3.75. The van der Waals surface area contributed by atoms with Crippen LogP contribution in [-0.4, -0.2) is 91.7 Å². The molecule has 3 aromatic carbocycles. The van der Waals surface area contributed by atoms with E-state index in [0.717, 1.165) is 18.4 Å². The quantitative estimate of drug-likeness (QED) is 0.263. The molecule has 3 atom stereocenters. The Morgan fingerprint density at radius 3 is 2.43 bits per heavy atom. The highest BCUT2D eigenvalue weighted by Gasteiger charge is 2.43. The summed E-state index contributed by atoms with van der Waals surface area (Å²) in [6.07, 6.45) is 5.42. The number of nitrogens with zero attached hydrogens (tertiary/aromatic N) is 3. The van der Waals surface area contributed by atoms with E-state index in [2.05, 4.69) is 15.6 Å². The van der Waals surface area contributed by atoms with Gasteiger partial charge in [-0.15, -0.1) is 0 Å². The number of amides is 4. The second-order valence-electron chi connectivity index (χ2n) is 13.1. The number of rotatable bonds is 12. The number of ether oxygens (including phenoxy) is 4. The summed E-state index contributed by atoms with van der Waals surface area (Å²) in [7, 11) is 3.03. The largest absolute Gasteiger partial charge is 0.493 e.